The molecule has 2 aromatic carbocycles. The number of carbonyl (C=O) groups excluding carboxylic acids is 5. The predicted molar refractivity (Wildman–Crippen MR) is 241 cm³/mol. The molecule has 0 radical (unpaired) electrons. The second-order valence-corrected chi connectivity index (χ2v) is 17.2. The van der Waals surface area contributed by atoms with E-state index < -0.39 is 18.0 Å². The molecule has 3 aliphatic heterocycles. The summed E-state index contributed by atoms with van der Waals surface area (Å²) < 4.78 is 15.2. The standard InChI is InChI=1S/C46H47ClN10O7S/c1-27-37(65-46-41(27)42(30-11-13-31(47)14-12-30)51-34(23-39(59)49-19-18-48-3)43-54-53-28(2)57(43)46)16-10-29-24-50-55(25-29)20-5-9-40(60)64-22-6-21-63-36-8-4-7-32-33(36)26-56(45(32)62)35-15-17-38(58)52-44(35)61/h4,7-8,11-14,24-25,34-35,48H,5-6,9,15,17-23,26H2,1-3H3,(H,49,59)(H,52,58,61)/t34-,35?/m0/s1. The van der Waals surface area contributed by atoms with Gasteiger partial charge in [0.05, 0.1) is 48.5 Å². The van der Waals surface area contributed by atoms with E-state index in [1.165, 1.54) is 16.2 Å². The highest BCUT2D eigenvalue weighted by Gasteiger charge is 2.40. The number of carbonyl (C=O) groups is 5. The first-order chi connectivity index (χ1) is 31.5. The van der Waals surface area contributed by atoms with Gasteiger partial charge in [-0.3, -0.25) is 43.5 Å². The minimum atomic E-state index is -0.708. The molecule has 1 saturated heterocycles. The van der Waals surface area contributed by atoms with Crippen molar-refractivity contribution in [2.24, 2.45) is 4.99 Å². The highest BCUT2D eigenvalue weighted by Crippen LogP contribution is 2.40. The van der Waals surface area contributed by atoms with E-state index in [0.29, 0.717) is 77.3 Å². The zero-order valence-corrected chi connectivity index (χ0v) is 37.7. The summed E-state index contributed by atoms with van der Waals surface area (Å²) in [4.78, 5) is 70.3. The lowest BCUT2D eigenvalue weighted by Gasteiger charge is -2.29. The van der Waals surface area contributed by atoms with Crippen molar-refractivity contribution < 1.29 is 33.4 Å². The SMILES string of the molecule is CNCCNC(=O)C[C@@H]1N=C(c2ccc(Cl)cc2)c2c(sc(C#Cc3cnn(CCCC(=O)OCCCOc4cccc5c4CN(C4CCC(=O)NC4=O)C5=O)c3)c2C)-n2c(C)nnc21. The Balaban J connectivity index is 0.853. The fraction of sp³-hybridized carbons (Fsp3) is 0.370. The number of benzene rings is 2. The van der Waals surface area contributed by atoms with Gasteiger partial charge in [-0.15, -0.1) is 21.5 Å². The summed E-state index contributed by atoms with van der Waals surface area (Å²) in [5, 5.41) is 23.1. The molecule has 5 aromatic rings. The number of ether oxygens (including phenoxy) is 2. The van der Waals surface area contributed by atoms with Crippen LogP contribution in [0.25, 0.3) is 5.00 Å². The zero-order valence-electron chi connectivity index (χ0n) is 36.1. The van der Waals surface area contributed by atoms with Crippen LogP contribution in [0.2, 0.25) is 5.02 Å². The molecule has 0 bridgehead atoms. The number of imide groups is 1. The lowest BCUT2D eigenvalue weighted by atomic mass is 9.99. The number of nitrogens with one attached hydrogen (secondary N) is 3. The van der Waals surface area contributed by atoms with Crippen LogP contribution in [0.3, 0.4) is 0 Å². The molecular formula is C46H47ClN10O7S. The van der Waals surface area contributed by atoms with E-state index in [0.717, 1.165) is 26.6 Å². The van der Waals surface area contributed by atoms with Crippen molar-refractivity contribution in [1.29, 1.82) is 0 Å². The molecule has 19 heteroatoms. The Kier molecular flexibility index (Phi) is 13.8. The fourth-order valence-electron chi connectivity index (χ4n) is 7.97. The lowest BCUT2D eigenvalue weighted by Crippen LogP contribution is -2.52. The minimum Gasteiger partial charge on any atom is -0.493 e. The van der Waals surface area contributed by atoms with Crippen molar-refractivity contribution in [1.82, 2.24) is 45.4 Å². The number of aromatic nitrogens is 5. The number of amides is 4. The Morgan fingerprint density at radius 2 is 1.86 bits per heavy atom. The predicted octanol–water partition coefficient (Wildman–Crippen LogP) is 4.37. The molecule has 336 valence electrons. The van der Waals surface area contributed by atoms with Crippen molar-refractivity contribution in [3.05, 3.63) is 110 Å². The van der Waals surface area contributed by atoms with Gasteiger partial charge in [-0.1, -0.05) is 41.6 Å². The number of hydrogen-bond acceptors (Lipinski definition) is 13. The number of nitrogens with zero attached hydrogens (tertiary/aromatic N) is 7. The van der Waals surface area contributed by atoms with E-state index in [1.807, 2.05) is 55.9 Å². The van der Waals surface area contributed by atoms with E-state index in [9.17, 15) is 24.0 Å². The lowest BCUT2D eigenvalue weighted by molar-refractivity contribution is -0.144. The van der Waals surface area contributed by atoms with Crippen LogP contribution in [0.5, 0.6) is 5.75 Å². The molecule has 3 aromatic heterocycles. The summed E-state index contributed by atoms with van der Waals surface area (Å²) >= 11 is 7.80. The summed E-state index contributed by atoms with van der Waals surface area (Å²) in [5.74, 6) is 6.85. The molecule has 2 atom stereocenters. The molecule has 1 fully saturated rings. The van der Waals surface area contributed by atoms with E-state index in [1.54, 1.807) is 29.1 Å². The first-order valence-electron chi connectivity index (χ1n) is 21.4. The second kappa shape index (κ2) is 20.0. The van der Waals surface area contributed by atoms with Crippen molar-refractivity contribution in [2.45, 2.75) is 77.5 Å². The van der Waals surface area contributed by atoms with Crippen molar-refractivity contribution in [2.75, 3.05) is 33.4 Å². The maximum Gasteiger partial charge on any atom is 0.305 e. The summed E-state index contributed by atoms with van der Waals surface area (Å²) in [6, 6.07) is 11.4. The maximum atomic E-state index is 13.1. The van der Waals surface area contributed by atoms with Gasteiger partial charge in [0, 0.05) is 72.4 Å². The van der Waals surface area contributed by atoms with Gasteiger partial charge in [0.25, 0.3) is 5.91 Å². The Morgan fingerprint density at radius 1 is 1.03 bits per heavy atom. The number of esters is 1. The molecule has 65 heavy (non-hydrogen) atoms. The monoisotopic (exact) mass is 918 g/mol. The van der Waals surface area contributed by atoms with Crippen LogP contribution in [-0.2, 0) is 37.0 Å². The van der Waals surface area contributed by atoms with Crippen LogP contribution in [0.4, 0.5) is 0 Å². The van der Waals surface area contributed by atoms with Crippen LogP contribution in [0.15, 0.2) is 59.9 Å². The van der Waals surface area contributed by atoms with Gasteiger partial charge >= 0.3 is 5.97 Å². The van der Waals surface area contributed by atoms with Crippen LogP contribution >= 0.6 is 22.9 Å². The van der Waals surface area contributed by atoms with Crippen LogP contribution in [0, 0.1) is 25.7 Å². The maximum absolute atomic E-state index is 13.1. The third kappa shape index (κ3) is 10.0. The average Bonchev–Trinajstić information content (AvgIpc) is 4.05. The van der Waals surface area contributed by atoms with Gasteiger partial charge in [0.1, 0.15) is 28.7 Å². The molecule has 3 aliphatic rings. The van der Waals surface area contributed by atoms with Crippen molar-refractivity contribution >= 4 is 58.2 Å². The number of aliphatic imine (C=N–C) groups is 1. The van der Waals surface area contributed by atoms with Crippen LogP contribution in [0.1, 0.15) is 99.3 Å². The Hall–Kier alpha value is -6.68. The van der Waals surface area contributed by atoms with Gasteiger partial charge in [-0.2, -0.15) is 5.10 Å². The molecule has 3 N–H and O–H groups in total. The summed E-state index contributed by atoms with van der Waals surface area (Å²) in [6.07, 6.45) is 5.26. The van der Waals surface area contributed by atoms with E-state index in [4.69, 9.17) is 26.1 Å². The number of thiophene rings is 1. The topological polar surface area (TPSA) is 204 Å². The molecule has 4 amide bonds. The molecule has 6 heterocycles. The van der Waals surface area contributed by atoms with E-state index in [2.05, 4.69) is 43.1 Å². The van der Waals surface area contributed by atoms with Gasteiger partial charge in [0.15, 0.2) is 5.82 Å². The molecule has 0 aliphatic carbocycles. The second-order valence-electron chi connectivity index (χ2n) is 15.8. The normalized spacial score (nSPS) is 16.4. The fourth-order valence-corrected chi connectivity index (χ4v) is 9.32. The molecular weight excluding hydrogens is 872 g/mol. The van der Waals surface area contributed by atoms with Gasteiger partial charge < -0.3 is 25.0 Å². The first-order valence-corrected chi connectivity index (χ1v) is 22.6. The summed E-state index contributed by atoms with van der Waals surface area (Å²) in [5.41, 5.74) is 5.25. The van der Waals surface area contributed by atoms with Crippen LogP contribution in [-0.4, -0.2) is 104 Å². The van der Waals surface area contributed by atoms with E-state index in [-0.39, 0.29) is 69.1 Å². The third-order valence-corrected chi connectivity index (χ3v) is 12.7. The smallest absolute Gasteiger partial charge is 0.305 e. The number of fused-ring (bicyclic) bond motifs is 4. The Bertz CT molecular complexity index is 2750. The third-order valence-electron chi connectivity index (χ3n) is 11.3. The molecule has 1 unspecified atom stereocenters. The summed E-state index contributed by atoms with van der Waals surface area (Å²) in [6.45, 7) is 6.17. The Labute approximate surface area is 383 Å². The Morgan fingerprint density at radius 3 is 2.66 bits per heavy atom. The average molecular weight is 919 g/mol. The van der Waals surface area contributed by atoms with Gasteiger partial charge in [0.2, 0.25) is 17.7 Å². The first kappa shape index (κ1) is 44.9. The number of likely N-dealkylation sites (N-methyl/N-ethyl adjacent to an activating group) is 1. The quantitative estimate of drug-likeness (QED) is 0.0549. The largest absolute Gasteiger partial charge is 0.493 e. The van der Waals surface area contributed by atoms with Gasteiger partial charge in [-0.05, 0) is 63.6 Å². The highest BCUT2D eigenvalue weighted by molar-refractivity contribution is 7.15. The number of aryl methyl sites for hydroxylation is 2. The molecule has 17 nitrogen and oxygen atoms in total. The van der Waals surface area contributed by atoms with Crippen molar-refractivity contribution in [3.63, 3.8) is 0 Å². The molecule has 8 rings (SSSR count). The summed E-state index contributed by atoms with van der Waals surface area (Å²) in [7, 11) is 1.83. The van der Waals surface area contributed by atoms with Crippen molar-refractivity contribution in [3.8, 4) is 22.6 Å². The molecule has 0 spiro atoms. The van der Waals surface area contributed by atoms with E-state index >= 15 is 0 Å². The number of halogens is 1. The minimum absolute atomic E-state index is 0.0978. The van der Waals surface area contributed by atoms with Gasteiger partial charge in [-0.25, -0.2) is 0 Å². The number of hydrogen-bond donors (Lipinski definition) is 3. The molecule has 0 saturated carbocycles. The number of piperidine rings is 1. The zero-order chi connectivity index (χ0) is 45.6. The number of rotatable bonds is 16. The highest BCUT2D eigenvalue weighted by atomic mass is 35.5. The van der Waals surface area contributed by atoms with Crippen LogP contribution < -0.4 is 20.7 Å².